The van der Waals surface area contributed by atoms with Gasteiger partial charge in [0.2, 0.25) is 11.8 Å². The Bertz CT molecular complexity index is 757. The third-order valence-corrected chi connectivity index (χ3v) is 4.59. The number of rotatable bonds is 5. The molecule has 3 rings (SSSR count). The third kappa shape index (κ3) is 5.56. The molecule has 1 heterocycles. The molecule has 1 fully saturated rings. The normalized spacial score (nSPS) is 16.7. The first-order valence-electron chi connectivity index (χ1n) is 8.23. The van der Waals surface area contributed by atoms with Gasteiger partial charge in [0.15, 0.2) is 0 Å². The number of carbonyl (C=O) groups is 2. The van der Waals surface area contributed by atoms with Gasteiger partial charge in [-0.3, -0.25) is 9.59 Å². The zero-order valence-electron chi connectivity index (χ0n) is 14.2. The Kier molecular flexibility index (Phi) is 7.63. The molecule has 2 aromatic rings. The molecule has 26 heavy (non-hydrogen) atoms. The van der Waals surface area contributed by atoms with Crippen LogP contribution in [0.4, 0.5) is 5.69 Å². The van der Waals surface area contributed by atoms with Gasteiger partial charge in [-0.25, -0.2) is 0 Å². The molecule has 7 heteroatoms. The van der Waals surface area contributed by atoms with E-state index in [1.807, 2.05) is 54.6 Å². The topological polar surface area (TPSA) is 61.4 Å². The van der Waals surface area contributed by atoms with Crippen LogP contribution in [0.1, 0.15) is 12.0 Å². The highest BCUT2D eigenvalue weighted by Crippen LogP contribution is 2.16. The molecule has 0 bridgehead atoms. The molecular weight excluding hydrogens is 418 g/mol. The number of benzene rings is 2. The quantitative estimate of drug-likeness (QED) is 0.753. The Morgan fingerprint density at radius 1 is 1.19 bits per heavy atom. The highest BCUT2D eigenvalue weighted by molar-refractivity contribution is 9.10. The molecule has 1 unspecified atom stereocenters. The van der Waals surface area contributed by atoms with Gasteiger partial charge < -0.3 is 15.5 Å². The Morgan fingerprint density at radius 2 is 1.96 bits per heavy atom. The van der Waals surface area contributed by atoms with E-state index in [9.17, 15) is 9.59 Å². The molecule has 1 aliphatic heterocycles. The first-order chi connectivity index (χ1) is 12.1. The van der Waals surface area contributed by atoms with E-state index in [1.165, 1.54) is 0 Å². The van der Waals surface area contributed by atoms with E-state index < -0.39 is 6.04 Å². The molecule has 1 atom stereocenters. The predicted molar refractivity (Wildman–Crippen MR) is 108 cm³/mol. The summed E-state index contributed by atoms with van der Waals surface area (Å²) in [6, 6.07) is 16.7. The number of hydrogen-bond acceptors (Lipinski definition) is 3. The zero-order chi connectivity index (χ0) is 17.6. The maximum atomic E-state index is 12.7. The van der Waals surface area contributed by atoms with Crippen molar-refractivity contribution in [2.45, 2.75) is 19.0 Å². The molecule has 2 N–H and O–H groups in total. The first kappa shape index (κ1) is 20.4. The summed E-state index contributed by atoms with van der Waals surface area (Å²) in [4.78, 5) is 26.7. The lowest BCUT2D eigenvalue weighted by atomic mass is 10.1. The van der Waals surface area contributed by atoms with Crippen LogP contribution in [0.15, 0.2) is 59.1 Å². The van der Waals surface area contributed by atoms with Crippen molar-refractivity contribution < 1.29 is 9.59 Å². The van der Waals surface area contributed by atoms with Gasteiger partial charge in [0.05, 0.1) is 12.5 Å². The van der Waals surface area contributed by atoms with Crippen molar-refractivity contribution in [2.75, 3.05) is 18.4 Å². The summed E-state index contributed by atoms with van der Waals surface area (Å²) in [5, 5.41) is 5.98. The van der Waals surface area contributed by atoms with Crippen molar-refractivity contribution in [3.05, 3.63) is 64.6 Å². The predicted octanol–water partition coefficient (Wildman–Crippen LogP) is 3.20. The summed E-state index contributed by atoms with van der Waals surface area (Å²) in [6.45, 7) is 1.88. The molecule has 0 radical (unpaired) electrons. The fourth-order valence-electron chi connectivity index (χ4n) is 2.88. The summed E-state index contributed by atoms with van der Waals surface area (Å²) in [5.41, 5.74) is 1.80. The van der Waals surface area contributed by atoms with Crippen LogP contribution >= 0.6 is 28.3 Å². The maximum absolute atomic E-state index is 12.7. The van der Waals surface area contributed by atoms with Gasteiger partial charge in [-0.15, -0.1) is 12.4 Å². The van der Waals surface area contributed by atoms with E-state index in [0.717, 1.165) is 15.7 Å². The molecule has 0 aliphatic carbocycles. The largest absolute Gasteiger partial charge is 0.336 e. The van der Waals surface area contributed by atoms with E-state index in [1.54, 1.807) is 4.90 Å². The van der Waals surface area contributed by atoms with E-state index in [2.05, 4.69) is 26.6 Å². The van der Waals surface area contributed by atoms with E-state index >= 15 is 0 Å². The van der Waals surface area contributed by atoms with Crippen LogP contribution in [0.25, 0.3) is 0 Å². The second-order valence-corrected chi connectivity index (χ2v) is 6.93. The zero-order valence-corrected chi connectivity index (χ0v) is 16.6. The summed E-state index contributed by atoms with van der Waals surface area (Å²) in [7, 11) is 0. The van der Waals surface area contributed by atoms with Gasteiger partial charge in [-0.2, -0.15) is 0 Å². The average molecular weight is 439 g/mol. The number of amides is 2. The summed E-state index contributed by atoms with van der Waals surface area (Å²) in [6.07, 6.45) is 0.128. The number of para-hydroxylation sites is 1. The number of anilines is 1. The van der Waals surface area contributed by atoms with Crippen molar-refractivity contribution >= 4 is 45.8 Å². The smallest absolute Gasteiger partial charge is 0.240 e. The lowest BCUT2D eigenvalue weighted by Gasteiger charge is -2.33. The Morgan fingerprint density at radius 3 is 2.69 bits per heavy atom. The summed E-state index contributed by atoms with van der Waals surface area (Å²) in [5.74, 6) is -0.198. The number of carbonyl (C=O) groups excluding carboxylic acids is 2. The van der Waals surface area contributed by atoms with Crippen LogP contribution in [0.2, 0.25) is 0 Å². The second kappa shape index (κ2) is 9.71. The average Bonchev–Trinajstić information content (AvgIpc) is 2.59. The summed E-state index contributed by atoms with van der Waals surface area (Å²) < 4.78 is 0.992. The second-order valence-electron chi connectivity index (χ2n) is 6.01. The van der Waals surface area contributed by atoms with Crippen LogP contribution in [0, 0.1) is 0 Å². The van der Waals surface area contributed by atoms with E-state index in [0.29, 0.717) is 19.6 Å². The minimum absolute atomic E-state index is 0. The van der Waals surface area contributed by atoms with Crippen LogP contribution in [-0.4, -0.2) is 35.8 Å². The lowest BCUT2D eigenvalue weighted by Crippen LogP contribution is -2.55. The fraction of sp³-hybridized carbons (Fsp3) is 0.263. The minimum atomic E-state index is -0.482. The number of halogens is 2. The van der Waals surface area contributed by atoms with Crippen molar-refractivity contribution in [2.24, 2.45) is 0 Å². The molecular formula is C19H21BrClN3O2. The summed E-state index contributed by atoms with van der Waals surface area (Å²) >= 11 is 3.45. The van der Waals surface area contributed by atoms with Gasteiger partial charge in [0.1, 0.15) is 0 Å². The van der Waals surface area contributed by atoms with Crippen molar-refractivity contribution in [3.63, 3.8) is 0 Å². The van der Waals surface area contributed by atoms with Crippen LogP contribution in [-0.2, 0) is 16.1 Å². The molecule has 0 aromatic heterocycles. The van der Waals surface area contributed by atoms with Gasteiger partial charge in [-0.05, 0) is 29.8 Å². The molecule has 138 valence electrons. The third-order valence-electron chi connectivity index (χ3n) is 4.09. The molecule has 1 aliphatic rings. The van der Waals surface area contributed by atoms with Gasteiger partial charge in [0.25, 0.3) is 0 Å². The Labute approximate surface area is 167 Å². The lowest BCUT2D eigenvalue weighted by molar-refractivity contribution is -0.138. The minimum Gasteiger partial charge on any atom is -0.336 e. The molecule has 1 saturated heterocycles. The van der Waals surface area contributed by atoms with E-state index in [4.69, 9.17) is 0 Å². The Balaban J connectivity index is 0.00000243. The van der Waals surface area contributed by atoms with Gasteiger partial charge >= 0.3 is 0 Å². The Hall–Kier alpha value is -1.89. The number of piperazine rings is 1. The van der Waals surface area contributed by atoms with Crippen LogP contribution in [0.5, 0.6) is 0 Å². The van der Waals surface area contributed by atoms with E-state index in [-0.39, 0.29) is 30.6 Å². The fourth-order valence-corrected chi connectivity index (χ4v) is 3.33. The molecule has 2 aromatic carbocycles. The van der Waals surface area contributed by atoms with Crippen LogP contribution in [0.3, 0.4) is 0 Å². The molecule has 5 nitrogen and oxygen atoms in total. The van der Waals surface area contributed by atoms with Crippen molar-refractivity contribution in [3.8, 4) is 0 Å². The standard InChI is InChI=1S/C19H20BrN3O2.ClH/c20-15-6-4-5-14(11-15)13-23-10-9-21-17(19(23)25)12-18(24)22-16-7-2-1-3-8-16;/h1-8,11,17,21H,9-10,12-13H2,(H,22,24);1H. The monoisotopic (exact) mass is 437 g/mol. The highest BCUT2D eigenvalue weighted by Gasteiger charge is 2.30. The van der Waals surface area contributed by atoms with Gasteiger partial charge in [0, 0.05) is 29.8 Å². The highest BCUT2D eigenvalue weighted by atomic mass is 79.9. The molecule has 0 saturated carbocycles. The van der Waals surface area contributed by atoms with Gasteiger partial charge in [-0.1, -0.05) is 46.3 Å². The number of hydrogen-bond donors (Lipinski definition) is 2. The first-order valence-corrected chi connectivity index (χ1v) is 9.02. The number of nitrogens with zero attached hydrogens (tertiary/aromatic N) is 1. The SMILES string of the molecule is Cl.O=C(CC1NCCN(Cc2cccc(Br)c2)C1=O)Nc1ccccc1. The number of nitrogens with one attached hydrogen (secondary N) is 2. The molecule has 0 spiro atoms. The van der Waals surface area contributed by atoms with Crippen LogP contribution < -0.4 is 10.6 Å². The maximum Gasteiger partial charge on any atom is 0.240 e. The van der Waals surface area contributed by atoms with Crippen molar-refractivity contribution in [1.29, 1.82) is 0 Å². The molecule has 2 amide bonds. The van der Waals surface area contributed by atoms with Crippen molar-refractivity contribution in [1.82, 2.24) is 10.2 Å².